The molecule has 0 spiro atoms. The SMILES string of the molecule is O=C([C@@H]1C[C@@H](O)CN1C(=O)O)N1CCNCC1. The van der Waals surface area contributed by atoms with Crippen molar-refractivity contribution in [2.75, 3.05) is 32.7 Å². The van der Waals surface area contributed by atoms with Crippen LogP contribution in [0.25, 0.3) is 0 Å². The van der Waals surface area contributed by atoms with Gasteiger partial charge in [0.25, 0.3) is 0 Å². The molecule has 0 aromatic heterocycles. The molecule has 0 unspecified atom stereocenters. The monoisotopic (exact) mass is 243 g/mol. The third-order valence-corrected chi connectivity index (χ3v) is 3.24. The van der Waals surface area contributed by atoms with Crippen molar-refractivity contribution in [3.63, 3.8) is 0 Å². The first kappa shape index (κ1) is 12.1. The number of rotatable bonds is 1. The minimum atomic E-state index is -1.14. The lowest BCUT2D eigenvalue weighted by atomic mass is 10.1. The average molecular weight is 243 g/mol. The predicted molar refractivity (Wildman–Crippen MR) is 58.6 cm³/mol. The van der Waals surface area contributed by atoms with E-state index in [1.165, 1.54) is 0 Å². The van der Waals surface area contributed by atoms with Crippen LogP contribution in [0.5, 0.6) is 0 Å². The Labute approximate surface area is 99.0 Å². The molecule has 2 aliphatic heterocycles. The molecule has 2 fully saturated rings. The Balaban J connectivity index is 2.04. The van der Waals surface area contributed by atoms with E-state index >= 15 is 0 Å². The third kappa shape index (κ3) is 2.50. The Morgan fingerprint density at radius 3 is 2.47 bits per heavy atom. The van der Waals surface area contributed by atoms with Gasteiger partial charge in [0.05, 0.1) is 12.6 Å². The number of carboxylic acid groups (broad SMARTS) is 1. The number of amides is 2. The Morgan fingerprint density at radius 2 is 1.88 bits per heavy atom. The van der Waals surface area contributed by atoms with E-state index in [1.54, 1.807) is 4.90 Å². The molecule has 0 saturated carbocycles. The molecule has 2 heterocycles. The number of carbonyl (C=O) groups excluding carboxylic acids is 1. The van der Waals surface area contributed by atoms with Crippen LogP contribution in [0, 0.1) is 0 Å². The fourth-order valence-corrected chi connectivity index (χ4v) is 2.36. The molecule has 7 nitrogen and oxygen atoms in total. The molecule has 2 saturated heterocycles. The Bertz CT molecular complexity index is 317. The molecule has 0 aliphatic carbocycles. The molecule has 2 rings (SSSR count). The summed E-state index contributed by atoms with van der Waals surface area (Å²) in [7, 11) is 0. The third-order valence-electron chi connectivity index (χ3n) is 3.24. The van der Waals surface area contributed by atoms with E-state index in [-0.39, 0.29) is 18.9 Å². The van der Waals surface area contributed by atoms with Crippen LogP contribution in [0.2, 0.25) is 0 Å². The van der Waals surface area contributed by atoms with Crippen molar-refractivity contribution in [1.29, 1.82) is 0 Å². The number of hydrogen-bond donors (Lipinski definition) is 3. The van der Waals surface area contributed by atoms with Crippen LogP contribution in [-0.4, -0.2) is 76.9 Å². The summed E-state index contributed by atoms with van der Waals surface area (Å²) in [6.45, 7) is 2.68. The molecule has 7 heteroatoms. The molecule has 0 aromatic rings. The van der Waals surface area contributed by atoms with Gasteiger partial charge < -0.3 is 20.4 Å². The smallest absolute Gasteiger partial charge is 0.408 e. The van der Waals surface area contributed by atoms with Crippen molar-refractivity contribution in [1.82, 2.24) is 15.1 Å². The number of carbonyl (C=O) groups is 2. The maximum absolute atomic E-state index is 12.1. The van der Waals surface area contributed by atoms with Crippen LogP contribution in [0.1, 0.15) is 6.42 Å². The number of β-amino-alcohol motifs (C(OH)–C–C–N with tert-alkyl or cyclic N) is 1. The van der Waals surface area contributed by atoms with Gasteiger partial charge in [0.2, 0.25) is 5.91 Å². The maximum atomic E-state index is 12.1. The quantitative estimate of drug-likeness (QED) is 0.523. The number of piperazine rings is 1. The van der Waals surface area contributed by atoms with Gasteiger partial charge in [-0.05, 0) is 0 Å². The van der Waals surface area contributed by atoms with Gasteiger partial charge in [-0.1, -0.05) is 0 Å². The van der Waals surface area contributed by atoms with E-state index in [0.29, 0.717) is 13.1 Å². The van der Waals surface area contributed by atoms with Crippen molar-refractivity contribution < 1.29 is 19.8 Å². The summed E-state index contributed by atoms with van der Waals surface area (Å²) in [6, 6.07) is -0.722. The first-order chi connectivity index (χ1) is 8.09. The molecule has 2 atom stereocenters. The van der Waals surface area contributed by atoms with Crippen LogP contribution in [0.3, 0.4) is 0 Å². The van der Waals surface area contributed by atoms with Gasteiger partial charge in [0.1, 0.15) is 6.04 Å². The van der Waals surface area contributed by atoms with Crippen LogP contribution < -0.4 is 5.32 Å². The van der Waals surface area contributed by atoms with E-state index in [2.05, 4.69) is 5.32 Å². The molecular formula is C10H17N3O4. The van der Waals surface area contributed by atoms with Gasteiger partial charge in [0.15, 0.2) is 0 Å². The van der Waals surface area contributed by atoms with Gasteiger partial charge in [0, 0.05) is 32.6 Å². The minimum Gasteiger partial charge on any atom is -0.465 e. The minimum absolute atomic E-state index is 0.0256. The summed E-state index contributed by atoms with van der Waals surface area (Å²) in [6.07, 6.45) is -1.67. The van der Waals surface area contributed by atoms with E-state index < -0.39 is 18.2 Å². The number of nitrogens with zero attached hydrogens (tertiary/aromatic N) is 2. The molecule has 0 aromatic carbocycles. The highest BCUT2D eigenvalue weighted by Gasteiger charge is 2.40. The van der Waals surface area contributed by atoms with Crippen molar-refractivity contribution >= 4 is 12.0 Å². The summed E-state index contributed by atoms with van der Waals surface area (Å²) in [4.78, 5) is 25.8. The molecule has 0 radical (unpaired) electrons. The summed E-state index contributed by atoms with van der Waals surface area (Å²) in [5.74, 6) is -0.189. The Hall–Kier alpha value is -1.34. The first-order valence-electron chi connectivity index (χ1n) is 5.76. The summed E-state index contributed by atoms with van der Waals surface area (Å²) < 4.78 is 0. The lowest BCUT2D eigenvalue weighted by Gasteiger charge is -2.31. The highest BCUT2D eigenvalue weighted by atomic mass is 16.4. The number of likely N-dealkylation sites (tertiary alicyclic amines) is 1. The van der Waals surface area contributed by atoms with E-state index in [9.17, 15) is 14.7 Å². The number of aliphatic hydroxyl groups is 1. The van der Waals surface area contributed by atoms with E-state index in [4.69, 9.17) is 5.11 Å². The molecule has 2 aliphatic rings. The van der Waals surface area contributed by atoms with Crippen LogP contribution in [-0.2, 0) is 4.79 Å². The van der Waals surface area contributed by atoms with E-state index in [0.717, 1.165) is 18.0 Å². The zero-order valence-electron chi connectivity index (χ0n) is 9.50. The Kier molecular flexibility index (Phi) is 3.49. The molecule has 2 amide bonds. The van der Waals surface area contributed by atoms with Crippen molar-refractivity contribution in [3.8, 4) is 0 Å². The fraction of sp³-hybridized carbons (Fsp3) is 0.800. The maximum Gasteiger partial charge on any atom is 0.408 e. The van der Waals surface area contributed by atoms with Crippen LogP contribution in [0.4, 0.5) is 4.79 Å². The highest BCUT2D eigenvalue weighted by molar-refractivity contribution is 5.86. The summed E-state index contributed by atoms with van der Waals surface area (Å²) in [5, 5.41) is 21.6. The van der Waals surface area contributed by atoms with Crippen LogP contribution >= 0.6 is 0 Å². The molecule has 3 N–H and O–H groups in total. The van der Waals surface area contributed by atoms with Gasteiger partial charge in [-0.25, -0.2) is 4.79 Å². The molecule has 96 valence electrons. The Morgan fingerprint density at radius 1 is 1.24 bits per heavy atom. The van der Waals surface area contributed by atoms with Gasteiger partial charge in [-0.3, -0.25) is 9.69 Å². The molecular weight excluding hydrogens is 226 g/mol. The highest BCUT2D eigenvalue weighted by Crippen LogP contribution is 2.20. The second-order valence-electron chi connectivity index (χ2n) is 4.42. The van der Waals surface area contributed by atoms with Crippen molar-refractivity contribution in [3.05, 3.63) is 0 Å². The average Bonchev–Trinajstić information content (AvgIpc) is 2.72. The number of nitrogens with one attached hydrogen (secondary N) is 1. The topological polar surface area (TPSA) is 93.1 Å². The predicted octanol–water partition coefficient (Wildman–Crippen LogP) is -1.47. The first-order valence-corrected chi connectivity index (χ1v) is 5.76. The lowest BCUT2D eigenvalue weighted by Crippen LogP contribution is -2.53. The van der Waals surface area contributed by atoms with Gasteiger partial charge in [-0.15, -0.1) is 0 Å². The van der Waals surface area contributed by atoms with Crippen molar-refractivity contribution in [2.24, 2.45) is 0 Å². The standard InChI is InChI=1S/C10H17N3O4/c14-7-5-8(13(6-7)10(16)17)9(15)12-3-1-11-2-4-12/h7-8,11,14H,1-6H2,(H,16,17)/t7-,8+/m1/s1. The number of hydrogen-bond acceptors (Lipinski definition) is 4. The number of aliphatic hydroxyl groups excluding tert-OH is 1. The fourth-order valence-electron chi connectivity index (χ4n) is 2.36. The van der Waals surface area contributed by atoms with E-state index in [1.807, 2.05) is 0 Å². The lowest BCUT2D eigenvalue weighted by molar-refractivity contribution is -0.136. The van der Waals surface area contributed by atoms with Crippen molar-refractivity contribution in [2.45, 2.75) is 18.6 Å². The summed E-state index contributed by atoms with van der Waals surface area (Å²) >= 11 is 0. The van der Waals surface area contributed by atoms with Crippen LogP contribution in [0.15, 0.2) is 0 Å². The molecule has 17 heavy (non-hydrogen) atoms. The largest absolute Gasteiger partial charge is 0.465 e. The van der Waals surface area contributed by atoms with Gasteiger partial charge >= 0.3 is 6.09 Å². The second kappa shape index (κ2) is 4.89. The molecule has 0 bridgehead atoms. The summed E-state index contributed by atoms with van der Waals surface area (Å²) in [5.41, 5.74) is 0. The zero-order valence-corrected chi connectivity index (χ0v) is 9.50. The second-order valence-corrected chi connectivity index (χ2v) is 4.42. The normalized spacial score (nSPS) is 29.5. The zero-order chi connectivity index (χ0) is 12.4. The van der Waals surface area contributed by atoms with Gasteiger partial charge in [-0.2, -0.15) is 0 Å².